The van der Waals surface area contributed by atoms with Crippen molar-refractivity contribution in [3.8, 4) is 28.2 Å². The van der Waals surface area contributed by atoms with Crippen molar-refractivity contribution < 1.29 is 4.42 Å². The number of para-hydroxylation sites is 3. The largest absolute Gasteiger partial charge is 0.456 e. The number of aromatic nitrogens is 3. The summed E-state index contributed by atoms with van der Waals surface area (Å²) in [6.45, 7) is 0. The Morgan fingerprint density at radius 2 is 1.08 bits per heavy atom. The molecule has 3 aromatic heterocycles. The van der Waals surface area contributed by atoms with Crippen LogP contribution in [0.5, 0.6) is 0 Å². The summed E-state index contributed by atoms with van der Waals surface area (Å²) in [5, 5.41) is 9.47. The average Bonchev–Trinajstić information content (AvgIpc) is 3.73. The van der Waals surface area contributed by atoms with Gasteiger partial charge >= 0.3 is 0 Å². The molecule has 0 saturated carbocycles. The van der Waals surface area contributed by atoms with Gasteiger partial charge in [0.15, 0.2) is 5.82 Å². The summed E-state index contributed by atoms with van der Waals surface area (Å²) in [6.07, 6.45) is 0. The van der Waals surface area contributed by atoms with Crippen LogP contribution in [0, 0.1) is 0 Å². The van der Waals surface area contributed by atoms with Crippen LogP contribution in [0.3, 0.4) is 0 Å². The molecule has 0 N–H and O–H groups in total. The molecule has 8 aromatic carbocycles. The maximum atomic E-state index is 6.39. The summed E-state index contributed by atoms with van der Waals surface area (Å²) in [5.74, 6) is 0.805. The van der Waals surface area contributed by atoms with Crippen molar-refractivity contribution in [1.29, 1.82) is 0 Å². The normalized spacial score (nSPS) is 12.0. The fourth-order valence-corrected chi connectivity index (χ4v) is 7.94. The van der Waals surface area contributed by atoms with E-state index in [1.54, 1.807) is 0 Å². The third kappa shape index (κ3) is 3.87. The van der Waals surface area contributed by atoms with Gasteiger partial charge in [-0.2, -0.15) is 0 Å². The third-order valence-corrected chi connectivity index (χ3v) is 10.2. The van der Waals surface area contributed by atoms with Crippen LogP contribution in [0.2, 0.25) is 0 Å². The second-order valence-corrected chi connectivity index (χ2v) is 12.9. The van der Waals surface area contributed by atoms with E-state index in [4.69, 9.17) is 14.4 Å². The van der Waals surface area contributed by atoms with Crippen LogP contribution in [0.25, 0.3) is 105 Å². The van der Waals surface area contributed by atoms with E-state index in [1.165, 1.54) is 32.3 Å². The zero-order chi connectivity index (χ0) is 32.8. The second kappa shape index (κ2) is 10.4. The quantitative estimate of drug-likeness (QED) is 0.194. The molecule has 4 nitrogen and oxygen atoms in total. The molecule has 232 valence electrons. The van der Waals surface area contributed by atoms with Gasteiger partial charge in [0.1, 0.15) is 16.9 Å². The smallest absolute Gasteiger partial charge is 0.165 e. The van der Waals surface area contributed by atoms with E-state index in [2.05, 4.69) is 126 Å². The van der Waals surface area contributed by atoms with Crippen LogP contribution in [-0.2, 0) is 0 Å². The number of hydrogen-bond donors (Lipinski definition) is 0. The van der Waals surface area contributed by atoms with Crippen molar-refractivity contribution >= 4 is 76.3 Å². The van der Waals surface area contributed by atoms with E-state index in [0.29, 0.717) is 0 Å². The number of furan rings is 1. The molecule has 0 fully saturated rings. The summed E-state index contributed by atoms with van der Waals surface area (Å²) < 4.78 is 8.73. The van der Waals surface area contributed by atoms with Gasteiger partial charge in [-0.25, -0.2) is 9.97 Å². The van der Waals surface area contributed by atoms with Crippen molar-refractivity contribution in [2.75, 3.05) is 0 Å². The zero-order valence-electron chi connectivity index (χ0n) is 26.8. The molecule has 0 amide bonds. The van der Waals surface area contributed by atoms with Crippen LogP contribution in [0.4, 0.5) is 0 Å². The van der Waals surface area contributed by atoms with Gasteiger partial charge in [0.25, 0.3) is 0 Å². The lowest BCUT2D eigenvalue weighted by molar-refractivity contribution is 0.669. The Labute approximate surface area is 286 Å². The highest BCUT2D eigenvalue weighted by Gasteiger charge is 2.23. The molecule has 0 aliphatic rings. The molecule has 0 bridgehead atoms. The van der Waals surface area contributed by atoms with Crippen molar-refractivity contribution in [2.45, 2.75) is 0 Å². The van der Waals surface area contributed by atoms with Crippen LogP contribution in [-0.4, -0.2) is 14.5 Å². The summed E-state index contributed by atoms with van der Waals surface area (Å²) in [7, 11) is 0. The number of rotatable bonds is 3. The Kier molecular flexibility index (Phi) is 5.63. The lowest BCUT2D eigenvalue weighted by atomic mass is 9.93. The monoisotopic (exact) mass is 637 g/mol. The first kappa shape index (κ1) is 27.2. The highest BCUT2D eigenvalue weighted by Crippen LogP contribution is 2.45. The topological polar surface area (TPSA) is 43.9 Å². The first-order valence-electron chi connectivity index (χ1n) is 16.9. The van der Waals surface area contributed by atoms with Gasteiger partial charge in [0, 0.05) is 27.1 Å². The highest BCUT2D eigenvalue weighted by molar-refractivity contribution is 6.30. The molecule has 11 rings (SSSR count). The molecule has 50 heavy (non-hydrogen) atoms. The minimum atomic E-state index is 0.805. The fourth-order valence-electron chi connectivity index (χ4n) is 7.94. The molecule has 0 unspecified atom stereocenters. The molecule has 4 heteroatoms. The maximum Gasteiger partial charge on any atom is 0.165 e. The maximum absolute atomic E-state index is 6.39. The van der Waals surface area contributed by atoms with Gasteiger partial charge in [-0.1, -0.05) is 121 Å². The Bertz CT molecular complexity index is 3150. The Balaban J connectivity index is 1.32. The van der Waals surface area contributed by atoms with Crippen LogP contribution >= 0.6 is 0 Å². The van der Waals surface area contributed by atoms with Gasteiger partial charge in [-0.15, -0.1) is 0 Å². The van der Waals surface area contributed by atoms with Crippen molar-refractivity contribution in [1.82, 2.24) is 14.5 Å². The lowest BCUT2D eigenvalue weighted by Crippen LogP contribution is -2.03. The molecule has 0 aliphatic carbocycles. The Morgan fingerprint density at radius 1 is 0.420 bits per heavy atom. The van der Waals surface area contributed by atoms with Crippen molar-refractivity contribution in [3.63, 3.8) is 0 Å². The van der Waals surface area contributed by atoms with E-state index >= 15 is 0 Å². The third-order valence-electron chi connectivity index (χ3n) is 10.2. The van der Waals surface area contributed by atoms with Crippen molar-refractivity contribution in [2.24, 2.45) is 0 Å². The van der Waals surface area contributed by atoms with E-state index in [-0.39, 0.29) is 0 Å². The van der Waals surface area contributed by atoms with E-state index in [9.17, 15) is 0 Å². The molecule has 0 atom stereocenters. The van der Waals surface area contributed by atoms with Crippen LogP contribution < -0.4 is 0 Å². The average molecular weight is 638 g/mol. The van der Waals surface area contributed by atoms with Crippen LogP contribution in [0.1, 0.15) is 0 Å². The van der Waals surface area contributed by atoms with Gasteiger partial charge in [-0.05, 0) is 75.1 Å². The Hall–Kier alpha value is -6.78. The molecule has 0 spiro atoms. The van der Waals surface area contributed by atoms with Gasteiger partial charge in [-0.3, -0.25) is 4.57 Å². The van der Waals surface area contributed by atoms with Crippen LogP contribution in [0.15, 0.2) is 168 Å². The molecule has 11 aromatic rings. The fraction of sp³-hybridized carbons (Fsp3) is 0. The molecular weight excluding hydrogens is 611 g/mol. The molecule has 0 saturated heterocycles. The first-order valence-corrected chi connectivity index (χ1v) is 16.9. The molecular formula is C46H27N3O. The number of hydrogen-bond acceptors (Lipinski definition) is 3. The van der Waals surface area contributed by atoms with Gasteiger partial charge < -0.3 is 4.42 Å². The SMILES string of the molecule is c1ccc(-c2nc3ccccc3nc2-n2c3ccc4ccccc4c3c3c4ccccc4c(-c4ccc5c(c4)oc4ccccc45)cc32)cc1. The molecule has 0 radical (unpaired) electrons. The predicted octanol–water partition coefficient (Wildman–Crippen LogP) is 12.3. The zero-order valence-corrected chi connectivity index (χ0v) is 26.8. The van der Waals surface area contributed by atoms with Gasteiger partial charge in [0.2, 0.25) is 0 Å². The first-order chi connectivity index (χ1) is 24.8. The van der Waals surface area contributed by atoms with E-state index < -0.39 is 0 Å². The number of nitrogens with zero attached hydrogens (tertiary/aromatic N) is 3. The summed E-state index contributed by atoms with van der Waals surface area (Å²) >= 11 is 0. The van der Waals surface area contributed by atoms with E-state index in [1.807, 2.05) is 42.5 Å². The summed E-state index contributed by atoms with van der Waals surface area (Å²) in [5.41, 5.74) is 9.78. The summed E-state index contributed by atoms with van der Waals surface area (Å²) in [6, 6.07) is 57.7. The molecule has 0 aliphatic heterocycles. The number of benzene rings is 8. The lowest BCUT2D eigenvalue weighted by Gasteiger charge is -2.15. The minimum absolute atomic E-state index is 0.805. The molecule has 3 heterocycles. The summed E-state index contributed by atoms with van der Waals surface area (Å²) in [4.78, 5) is 10.7. The highest BCUT2D eigenvalue weighted by atomic mass is 16.3. The van der Waals surface area contributed by atoms with Gasteiger partial charge in [0.05, 0.1) is 22.1 Å². The second-order valence-electron chi connectivity index (χ2n) is 12.9. The Morgan fingerprint density at radius 3 is 1.94 bits per heavy atom. The minimum Gasteiger partial charge on any atom is -0.456 e. The number of fused-ring (bicyclic) bond motifs is 11. The van der Waals surface area contributed by atoms with E-state index in [0.717, 1.165) is 72.2 Å². The standard InChI is InChI=1S/C46H27N3O/c1-2-13-29(14-3-1)45-46(48-38-20-10-9-19-37(38)47-45)49-39-25-23-28-12-4-5-15-31(28)43(39)44-35-18-7-6-16-32(35)36(27-40(44)49)30-22-24-34-33-17-8-11-21-41(33)50-42(34)26-30/h1-27H. The van der Waals surface area contributed by atoms with Crippen molar-refractivity contribution in [3.05, 3.63) is 164 Å². The predicted molar refractivity (Wildman–Crippen MR) is 207 cm³/mol.